The van der Waals surface area contributed by atoms with Crippen LogP contribution in [0.1, 0.15) is 15.9 Å². The molecule has 0 aromatic heterocycles. The second-order valence-corrected chi connectivity index (χ2v) is 4.38. The first kappa shape index (κ1) is 14.6. The van der Waals surface area contributed by atoms with Crippen LogP contribution >= 0.6 is 11.6 Å². The Morgan fingerprint density at radius 1 is 0.952 bits per heavy atom. The normalized spacial score (nSPS) is 10.1. The van der Waals surface area contributed by atoms with Gasteiger partial charge in [-0.3, -0.25) is 25.0 Å². The number of halogens is 1. The van der Waals surface area contributed by atoms with Gasteiger partial charge in [-0.2, -0.15) is 0 Å². The van der Waals surface area contributed by atoms with E-state index >= 15 is 0 Å². The predicted molar refractivity (Wildman–Crippen MR) is 74.6 cm³/mol. The lowest BCUT2D eigenvalue weighted by Gasteiger charge is -2.04. The van der Waals surface area contributed by atoms with Crippen LogP contribution in [0.2, 0.25) is 5.02 Å². The first-order chi connectivity index (χ1) is 9.93. The summed E-state index contributed by atoms with van der Waals surface area (Å²) in [7, 11) is 0. The van der Waals surface area contributed by atoms with E-state index < -0.39 is 32.0 Å². The van der Waals surface area contributed by atoms with Crippen LogP contribution in [0.15, 0.2) is 42.5 Å². The first-order valence-corrected chi connectivity index (χ1v) is 6.02. The van der Waals surface area contributed by atoms with Crippen LogP contribution < -0.4 is 0 Å². The van der Waals surface area contributed by atoms with Gasteiger partial charge >= 0.3 is 11.4 Å². The van der Waals surface area contributed by atoms with Crippen molar-refractivity contribution in [3.05, 3.63) is 78.8 Å². The third-order valence-electron chi connectivity index (χ3n) is 2.75. The Morgan fingerprint density at radius 2 is 1.57 bits per heavy atom. The highest BCUT2D eigenvalue weighted by atomic mass is 35.5. The van der Waals surface area contributed by atoms with Crippen molar-refractivity contribution in [3.8, 4) is 0 Å². The lowest BCUT2D eigenvalue weighted by Crippen LogP contribution is -2.05. The van der Waals surface area contributed by atoms with Gasteiger partial charge in [-0.15, -0.1) is 0 Å². The van der Waals surface area contributed by atoms with E-state index in [9.17, 15) is 25.0 Å². The molecular weight excluding hydrogens is 300 g/mol. The van der Waals surface area contributed by atoms with Crippen molar-refractivity contribution >= 4 is 28.8 Å². The third kappa shape index (κ3) is 2.72. The third-order valence-corrected chi connectivity index (χ3v) is 3.14. The van der Waals surface area contributed by atoms with Crippen molar-refractivity contribution in [2.75, 3.05) is 0 Å². The number of carbonyl (C=O) groups is 1. The number of nitro benzene ring substituents is 2. The van der Waals surface area contributed by atoms with Gasteiger partial charge in [0.05, 0.1) is 9.85 Å². The van der Waals surface area contributed by atoms with Crippen molar-refractivity contribution in [1.82, 2.24) is 0 Å². The van der Waals surface area contributed by atoms with Crippen molar-refractivity contribution < 1.29 is 14.6 Å². The maximum Gasteiger partial charge on any atom is 0.365 e. The van der Waals surface area contributed by atoms with Crippen molar-refractivity contribution in [3.63, 3.8) is 0 Å². The van der Waals surface area contributed by atoms with Gasteiger partial charge in [-0.25, -0.2) is 0 Å². The summed E-state index contributed by atoms with van der Waals surface area (Å²) in [4.78, 5) is 32.1. The number of nitrogens with zero attached hydrogens (tertiary/aromatic N) is 2. The summed E-state index contributed by atoms with van der Waals surface area (Å²) in [6.45, 7) is 0. The van der Waals surface area contributed by atoms with Crippen LogP contribution in [-0.4, -0.2) is 15.6 Å². The van der Waals surface area contributed by atoms with E-state index in [1.54, 1.807) is 18.2 Å². The predicted octanol–water partition coefficient (Wildman–Crippen LogP) is 3.39. The van der Waals surface area contributed by atoms with Crippen LogP contribution in [0.25, 0.3) is 0 Å². The maximum absolute atomic E-state index is 12.2. The summed E-state index contributed by atoms with van der Waals surface area (Å²) >= 11 is 5.83. The fraction of sp³-hybridized carbons (Fsp3) is 0. The number of benzene rings is 2. The summed E-state index contributed by atoms with van der Waals surface area (Å²) in [5, 5.41) is 21.2. The number of ketones is 1. The summed E-state index contributed by atoms with van der Waals surface area (Å²) < 4.78 is 0. The van der Waals surface area contributed by atoms with Crippen LogP contribution in [0.3, 0.4) is 0 Å². The minimum Gasteiger partial charge on any atom is -0.289 e. The molecule has 2 aromatic rings. The first-order valence-electron chi connectivity index (χ1n) is 5.64. The maximum atomic E-state index is 12.2. The molecule has 0 spiro atoms. The average molecular weight is 307 g/mol. The number of rotatable bonds is 4. The summed E-state index contributed by atoms with van der Waals surface area (Å²) in [6.07, 6.45) is 0. The van der Waals surface area contributed by atoms with E-state index in [0.717, 1.165) is 12.1 Å². The summed E-state index contributed by atoms with van der Waals surface area (Å²) in [5.41, 5.74) is -1.51. The zero-order valence-corrected chi connectivity index (χ0v) is 11.1. The zero-order valence-electron chi connectivity index (χ0n) is 10.4. The standard InChI is InChI=1S/C13H7ClN2O5/c14-11-9(13(17)8-4-2-1-3-5-8)6-7-10(15(18)19)12(11)16(20)21/h1-7H. The molecule has 8 heteroatoms. The van der Waals surface area contributed by atoms with Crippen molar-refractivity contribution in [1.29, 1.82) is 0 Å². The number of nitro groups is 2. The van der Waals surface area contributed by atoms with Crippen LogP contribution in [-0.2, 0) is 0 Å². The van der Waals surface area contributed by atoms with Gasteiger partial charge in [-0.05, 0) is 6.07 Å². The van der Waals surface area contributed by atoms with E-state index in [-0.39, 0.29) is 11.1 Å². The molecular formula is C13H7ClN2O5. The van der Waals surface area contributed by atoms with E-state index in [0.29, 0.717) is 0 Å². The quantitative estimate of drug-likeness (QED) is 0.489. The largest absolute Gasteiger partial charge is 0.365 e. The molecule has 0 amide bonds. The Morgan fingerprint density at radius 3 is 2.10 bits per heavy atom. The minimum atomic E-state index is -0.970. The van der Waals surface area contributed by atoms with Crippen LogP contribution in [0.4, 0.5) is 11.4 Å². The highest BCUT2D eigenvalue weighted by molar-refractivity contribution is 6.37. The molecule has 0 saturated heterocycles. The molecule has 0 bridgehead atoms. The zero-order chi connectivity index (χ0) is 15.6. The second kappa shape index (κ2) is 5.68. The van der Waals surface area contributed by atoms with E-state index in [1.165, 1.54) is 12.1 Å². The van der Waals surface area contributed by atoms with Gasteiger partial charge in [0, 0.05) is 17.2 Å². The molecule has 0 fully saturated rings. The van der Waals surface area contributed by atoms with Gasteiger partial charge < -0.3 is 0 Å². The highest BCUT2D eigenvalue weighted by Gasteiger charge is 2.31. The topological polar surface area (TPSA) is 103 Å². The lowest BCUT2D eigenvalue weighted by atomic mass is 10.0. The molecule has 0 aliphatic carbocycles. The SMILES string of the molecule is O=C(c1ccccc1)c1ccc([N+](=O)[O-])c([N+](=O)[O-])c1Cl. The Hall–Kier alpha value is -2.80. The van der Waals surface area contributed by atoms with E-state index in [4.69, 9.17) is 11.6 Å². The van der Waals surface area contributed by atoms with Gasteiger partial charge in [0.25, 0.3) is 0 Å². The Balaban J connectivity index is 2.62. The fourth-order valence-corrected chi connectivity index (χ4v) is 2.11. The number of hydrogen-bond acceptors (Lipinski definition) is 5. The Labute approximate surface area is 123 Å². The fourth-order valence-electron chi connectivity index (χ4n) is 1.80. The molecule has 0 radical (unpaired) electrons. The molecule has 106 valence electrons. The molecule has 0 heterocycles. The van der Waals surface area contributed by atoms with Gasteiger partial charge in [0.2, 0.25) is 0 Å². The lowest BCUT2D eigenvalue weighted by molar-refractivity contribution is -0.422. The van der Waals surface area contributed by atoms with E-state index in [1.807, 2.05) is 0 Å². The van der Waals surface area contributed by atoms with E-state index in [2.05, 4.69) is 0 Å². The molecule has 0 aliphatic heterocycles. The molecule has 21 heavy (non-hydrogen) atoms. The van der Waals surface area contributed by atoms with Gasteiger partial charge in [-0.1, -0.05) is 41.9 Å². The summed E-state index contributed by atoms with van der Waals surface area (Å²) in [6, 6.07) is 10.0. The Bertz CT molecular complexity index is 746. The molecule has 0 saturated carbocycles. The average Bonchev–Trinajstić information content (AvgIpc) is 2.46. The monoisotopic (exact) mass is 306 g/mol. The molecule has 0 N–H and O–H groups in total. The molecule has 2 aromatic carbocycles. The molecule has 0 atom stereocenters. The molecule has 0 aliphatic rings. The molecule has 7 nitrogen and oxygen atoms in total. The van der Waals surface area contributed by atoms with Crippen LogP contribution in [0, 0.1) is 20.2 Å². The van der Waals surface area contributed by atoms with Crippen molar-refractivity contribution in [2.24, 2.45) is 0 Å². The van der Waals surface area contributed by atoms with Crippen molar-refractivity contribution in [2.45, 2.75) is 0 Å². The number of carbonyl (C=O) groups excluding carboxylic acids is 1. The Kier molecular flexibility index (Phi) is 3.95. The highest BCUT2D eigenvalue weighted by Crippen LogP contribution is 2.37. The molecule has 2 rings (SSSR count). The van der Waals surface area contributed by atoms with Crippen LogP contribution in [0.5, 0.6) is 0 Å². The molecule has 0 unspecified atom stereocenters. The second-order valence-electron chi connectivity index (χ2n) is 4.00. The smallest absolute Gasteiger partial charge is 0.289 e. The van der Waals surface area contributed by atoms with Gasteiger partial charge in [0.15, 0.2) is 5.78 Å². The summed E-state index contributed by atoms with van der Waals surface area (Å²) in [5.74, 6) is -0.543. The number of hydrogen-bond donors (Lipinski definition) is 0. The minimum absolute atomic E-state index is 0.153. The van der Waals surface area contributed by atoms with Gasteiger partial charge in [0.1, 0.15) is 5.02 Å².